The van der Waals surface area contributed by atoms with Gasteiger partial charge in [0.1, 0.15) is 0 Å². The molecule has 0 radical (unpaired) electrons. The summed E-state index contributed by atoms with van der Waals surface area (Å²) in [7, 11) is 1.76. The summed E-state index contributed by atoms with van der Waals surface area (Å²) in [6, 6.07) is 9.91. The van der Waals surface area contributed by atoms with Crippen molar-refractivity contribution in [1.29, 1.82) is 0 Å². The number of carboxylic acid groups (broad SMARTS) is 1. The number of amides is 2. The average molecular weight is 276 g/mol. The highest BCUT2D eigenvalue weighted by Gasteiger charge is 2.34. The van der Waals surface area contributed by atoms with Crippen LogP contribution in [0.5, 0.6) is 0 Å². The molecule has 5 nitrogen and oxygen atoms in total. The van der Waals surface area contributed by atoms with Crippen molar-refractivity contribution in [2.24, 2.45) is 0 Å². The van der Waals surface area contributed by atoms with Gasteiger partial charge >= 0.3 is 12.0 Å². The van der Waals surface area contributed by atoms with Gasteiger partial charge in [0.05, 0.1) is 6.42 Å². The van der Waals surface area contributed by atoms with Crippen molar-refractivity contribution in [1.82, 2.24) is 9.80 Å². The Morgan fingerprint density at radius 3 is 2.45 bits per heavy atom. The number of hydrogen-bond acceptors (Lipinski definition) is 2. The molecule has 1 saturated carbocycles. The Hall–Kier alpha value is -2.04. The van der Waals surface area contributed by atoms with Gasteiger partial charge in [-0.2, -0.15) is 0 Å². The second-order valence-corrected chi connectivity index (χ2v) is 5.19. The third kappa shape index (κ3) is 3.98. The molecule has 1 aliphatic carbocycles. The molecule has 0 unspecified atom stereocenters. The van der Waals surface area contributed by atoms with E-state index in [1.165, 1.54) is 0 Å². The van der Waals surface area contributed by atoms with Gasteiger partial charge in [-0.3, -0.25) is 4.79 Å². The van der Waals surface area contributed by atoms with Gasteiger partial charge in [0.2, 0.25) is 0 Å². The van der Waals surface area contributed by atoms with Gasteiger partial charge in [-0.15, -0.1) is 0 Å². The molecule has 108 valence electrons. The first-order chi connectivity index (χ1) is 9.58. The van der Waals surface area contributed by atoms with E-state index in [9.17, 15) is 9.59 Å². The van der Waals surface area contributed by atoms with Crippen LogP contribution in [0.25, 0.3) is 0 Å². The monoisotopic (exact) mass is 276 g/mol. The van der Waals surface area contributed by atoms with Crippen molar-refractivity contribution in [3.63, 3.8) is 0 Å². The summed E-state index contributed by atoms with van der Waals surface area (Å²) in [6.07, 6.45) is 1.95. The number of benzene rings is 1. The van der Waals surface area contributed by atoms with Gasteiger partial charge in [0.15, 0.2) is 0 Å². The van der Waals surface area contributed by atoms with Gasteiger partial charge in [-0.05, 0) is 18.4 Å². The summed E-state index contributed by atoms with van der Waals surface area (Å²) in [5.74, 6) is -0.867. The standard InChI is InChI=1S/C15H20N2O3/c1-16(11-12-5-3-2-4-6-12)15(20)17(13-7-8-13)10-9-14(18)19/h2-6,13H,7-11H2,1H3,(H,18,19). The first-order valence-corrected chi connectivity index (χ1v) is 6.85. The van der Waals surface area contributed by atoms with Crippen LogP contribution in [0.1, 0.15) is 24.8 Å². The Kier molecular flexibility index (Phi) is 4.61. The zero-order valence-electron chi connectivity index (χ0n) is 11.7. The maximum absolute atomic E-state index is 12.4. The molecule has 2 rings (SSSR count). The Balaban J connectivity index is 1.94. The van der Waals surface area contributed by atoms with Crippen LogP contribution in [0.15, 0.2) is 30.3 Å². The van der Waals surface area contributed by atoms with Crippen molar-refractivity contribution >= 4 is 12.0 Å². The Bertz CT molecular complexity index is 471. The van der Waals surface area contributed by atoms with E-state index in [0.29, 0.717) is 6.54 Å². The van der Waals surface area contributed by atoms with Crippen molar-refractivity contribution in [2.75, 3.05) is 13.6 Å². The number of urea groups is 1. The highest BCUT2D eigenvalue weighted by molar-refractivity contribution is 5.76. The molecule has 0 bridgehead atoms. The zero-order valence-corrected chi connectivity index (χ0v) is 11.7. The molecule has 0 heterocycles. The van der Waals surface area contributed by atoms with Gasteiger partial charge in [0, 0.05) is 26.2 Å². The molecule has 0 aromatic heterocycles. The lowest BCUT2D eigenvalue weighted by Crippen LogP contribution is -2.43. The number of rotatable bonds is 6. The van der Waals surface area contributed by atoms with E-state index >= 15 is 0 Å². The van der Waals surface area contributed by atoms with E-state index < -0.39 is 5.97 Å². The summed E-state index contributed by atoms with van der Waals surface area (Å²) in [6.45, 7) is 0.827. The summed E-state index contributed by atoms with van der Waals surface area (Å²) in [4.78, 5) is 26.4. The van der Waals surface area contributed by atoms with E-state index in [1.807, 2.05) is 30.3 Å². The Morgan fingerprint density at radius 1 is 1.25 bits per heavy atom. The summed E-state index contributed by atoms with van der Waals surface area (Å²) in [5.41, 5.74) is 1.07. The summed E-state index contributed by atoms with van der Waals surface area (Å²) in [5, 5.41) is 8.77. The minimum absolute atomic E-state index is 0.00141. The fourth-order valence-electron chi connectivity index (χ4n) is 2.18. The number of carboxylic acids is 1. The molecule has 20 heavy (non-hydrogen) atoms. The molecule has 0 saturated heterocycles. The second-order valence-electron chi connectivity index (χ2n) is 5.19. The topological polar surface area (TPSA) is 60.9 Å². The lowest BCUT2D eigenvalue weighted by atomic mass is 10.2. The molecule has 1 N–H and O–H groups in total. The third-order valence-electron chi connectivity index (χ3n) is 3.39. The maximum atomic E-state index is 12.4. The first kappa shape index (κ1) is 14.4. The van der Waals surface area contributed by atoms with Crippen LogP contribution in [0.4, 0.5) is 4.79 Å². The van der Waals surface area contributed by atoms with E-state index in [1.54, 1.807) is 16.8 Å². The molecule has 0 spiro atoms. The van der Waals surface area contributed by atoms with Gasteiger partial charge in [-0.25, -0.2) is 4.79 Å². The molecule has 5 heteroatoms. The first-order valence-electron chi connectivity index (χ1n) is 6.85. The predicted octanol–water partition coefficient (Wildman–Crippen LogP) is 2.18. The SMILES string of the molecule is CN(Cc1ccccc1)C(=O)N(CCC(=O)O)C1CC1. The van der Waals surface area contributed by atoms with Crippen LogP contribution < -0.4 is 0 Å². The number of nitrogens with zero attached hydrogens (tertiary/aromatic N) is 2. The van der Waals surface area contributed by atoms with Crippen LogP contribution >= 0.6 is 0 Å². The van der Waals surface area contributed by atoms with Crippen LogP contribution in [0, 0.1) is 0 Å². The molecule has 0 atom stereocenters. The molecular formula is C15H20N2O3. The molecule has 0 aliphatic heterocycles. The largest absolute Gasteiger partial charge is 0.481 e. The van der Waals surface area contributed by atoms with Gasteiger partial charge in [-0.1, -0.05) is 30.3 Å². The lowest BCUT2D eigenvalue weighted by Gasteiger charge is -2.28. The fourth-order valence-corrected chi connectivity index (χ4v) is 2.18. The molecule has 1 aromatic carbocycles. The normalized spacial score (nSPS) is 13.8. The smallest absolute Gasteiger partial charge is 0.320 e. The summed E-state index contributed by atoms with van der Waals surface area (Å²) < 4.78 is 0. The van der Waals surface area contributed by atoms with Crippen molar-refractivity contribution in [3.8, 4) is 0 Å². The van der Waals surface area contributed by atoms with Crippen LogP contribution in [-0.2, 0) is 11.3 Å². The molecule has 1 aliphatic rings. The maximum Gasteiger partial charge on any atom is 0.320 e. The van der Waals surface area contributed by atoms with Crippen LogP contribution in [0.2, 0.25) is 0 Å². The average Bonchev–Trinajstić information content (AvgIpc) is 3.24. The highest BCUT2D eigenvalue weighted by atomic mass is 16.4. The van der Waals surface area contributed by atoms with E-state index in [4.69, 9.17) is 5.11 Å². The third-order valence-corrected chi connectivity index (χ3v) is 3.39. The van der Waals surface area contributed by atoms with E-state index in [-0.39, 0.29) is 25.0 Å². The van der Waals surface area contributed by atoms with Crippen molar-refractivity contribution in [3.05, 3.63) is 35.9 Å². The Labute approximate surface area is 118 Å². The van der Waals surface area contributed by atoms with Crippen molar-refractivity contribution in [2.45, 2.75) is 31.8 Å². The second kappa shape index (κ2) is 6.41. The Morgan fingerprint density at radius 2 is 1.90 bits per heavy atom. The fraction of sp³-hybridized carbons (Fsp3) is 0.467. The van der Waals surface area contributed by atoms with Gasteiger partial charge < -0.3 is 14.9 Å². The van der Waals surface area contributed by atoms with Crippen molar-refractivity contribution < 1.29 is 14.7 Å². The van der Waals surface area contributed by atoms with Gasteiger partial charge in [0.25, 0.3) is 0 Å². The molecule has 1 fully saturated rings. The minimum atomic E-state index is -0.867. The minimum Gasteiger partial charge on any atom is -0.481 e. The zero-order chi connectivity index (χ0) is 14.5. The lowest BCUT2D eigenvalue weighted by molar-refractivity contribution is -0.137. The molecular weight excluding hydrogens is 256 g/mol. The predicted molar refractivity (Wildman–Crippen MR) is 75.3 cm³/mol. The molecule has 2 amide bonds. The quantitative estimate of drug-likeness (QED) is 0.866. The summed E-state index contributed by atoms with van der Waals surface area (Å²) >= 11 is 0. The number of hydrogen-bond donors (Lipinski definition) is 1. The number of carbonyl (C=O) groups is 2. The molecule has 1 aromatic rings. The van der Waals surface area contributed by atoms with E-state index in [0.717, 1.165) is 18.4 Å². The van der Waals surface area contributed by atoms with Crippen LogP contribution in [-0.4, -0.2) is 46.5 Å². The highest BCUT2D eigenvalue weighted by Crippen LogP contribution is 2.28. The number of aliphatic carboxylic acids is 1. The van der Waals surface area contributed by atoms with E-state index in [2.05, 4.69) is 0 Å². The number of carbonyl (C=O) groups excluding carboxylic acids is 1. The van der Waals surface area contributed by atoms with Crippen LogP contribution in [0.3, 0.4) is 0 Å².